The fourth-order valence-electron chi connectivity index (χ4n) is 2.40. The molecule has 0 aliphatic heterocycles. The molecule has 6 nitrogen and oxygen atoms in total. The number of hydrogen-bond acceptors (Lipinski definition) is 4. The molecule has 2 aromatic rings. The molecule has 0 aliphatic carbocycles. The second kappa shape index (κ2) is 11.0. The van der Waals surface area contributed by atoms with Crippen LogP contribution in [0.4, 0.5) is 5.69 Å². The molecule has 0 heterocycles. The minimum absolute atomic E-state index is 0.100. The number of carbonyl (C=O) groups excluding carboxylic acids is 2. The van der Waals surface area contributed by atoms with E-state index in [-0.39, 0.29) is 11.8 Å². The van der Waals surface area contributed by atoms with Crippen molar-refractivity contribution in [2.24, 2.45) is 0 Å². The van der Waals surface area contributed by atoms with Gasteiger partial charge in [0.05, 0.1) is 6.61 Å². The summed E-state index contributed by atoms with van der Waals surface area (Å²) in [4.78, 5) is 26.2. The molecule has 0 atom stereocenters. The SMILES string of the molecule is CN(C)CCNC(=O)c1cccc(NC(=O)CCCOc2ccccc2)c1. The second-order valence-electron chi connectivity index (χ2n) is 6.45. The summed E-state index contributed by atoms with van der Waals surface area (Å²) >= 11 is 0. The van der Waals surface area contributed by atoms with Gasteiger partial charge in [0, 0.05) is 30.8 Å². The summed E-state index contributed by atoms with van der Waals surface area (Å²) in [6, 6.07) is 16.5. The lowest BCUT2D eigenvalue weighted by Gasteiger charge is -2.11. The van der Waals surface area contributed by atoms with Gasteiger partial charge in [0.1, 0.15) is 5.75 Å². The summed E-state index contributed by atoms with van der Waals surface area (Å²) in [5.41, 5.74) is 1.14. The van der Waals surface area contributed by atoms with Crippen molar-refractivity contribution in [2.75, 3.05) is 39.1 Å². The van der Waals surface area contributed by atoms with Gasteiger partial charge in [-0.2, -0.15) is 0 Å². The van der Waals surface area contributed by atoms with Crippen LogP contribution in [0, 0.1) is 0 Å². The Hall–Kier alpha value is -2.86. The van der Waals surface area contributed by atoms with E-state index in [1.807, 2.05) is 49.3 Å². The first-order chi connectivity index (χ1) is 13.0. The van der Waals surface area contributed by atoms with Gasteiger partial charge in [-0.05, 0) is 50.8 Å². The van der Waals surface area contributed by atoms with Gasteiger partial charge >= 0.3 is 0 Å². The summed E-state index contributed by atoms with van der Waals surface area (Å²) in [6.07, 6.45) is 0.970. The number of hydrogen-bond donors (Lipinski definition) is 2. The van der Waals surface area contributed by atoms with Crippen LogP contribution in [0.5, 0.6) is 5.75 Å². The first kappa shape index (κ1) is 20.5. The normalized spacial score (nSPS) is 10.5. The molecule has 0 unspecified atom stereocenters. The topological polar surface area (TPSA) is 70.7 Å². The molecule has 0 aromatic heterocycles. The Morgan fingerprint density at radius 3 is 2.56 bits per heavy atom. The lowest BCUT2D eigenvalue weighted by atomic mass is 10.2. The zero-order valence-corrected chi connectivity index (χ0v) is 15.9. The third-order valence-corrected chi connectivity index (χ3v) is 3.81. The van der Waals surface area contributed by atoms with Crippen LogP contribution in [0.2, 0.25) is 0 Å². The van der Waals surface area contributed by atoms with E-state index < -0.39 is 0 Å². The van der Waals surface area contributed by atoms with E-state index in [0.717, 1.165) is 12.3 Å². The Balaban J connectivity index is 1.74. The van der Waals surface area contributed by atoms with Crippen molar-refractivity contribution >= 4 is 17.5 Å². The molecule has 0 saturated carbocycles. The summed E-state index contributed by atoms with van der Waals surface area (Å²) in [5.74, 6) is 0.548. The van der Waals surface area contributed by atoms with E-state index in [4.69, 9.17) is 4.74 Å². The molecule has 0 bridgehead atoms. The maximum absolute atomic E-state index is 12.2. The molecular weight excluding hydrogens is 342 g/mol. The fraction of sp³-hybridized carbons (Fsp3) is 0.333. The number of anilines is 1. The number of carbonyl (C=O) groups is 2. The number of likely N-dealkylation sites (N-methyl/N-ethyl adjacent to an activating group) is 1. The number of nitrogens with one attached hydrogen (secondary N) is 2. The Labute approximate surface area is 160 Å². The van der Waals surface area contributed by atoms with Crippen molar-refractivity contribution in [3.05, 3.63) is 60.2 Å². The molecule has 0 aliphatic rings. The molecule has 27 heavy (non-hydrogen) atoms. The van der Waals surface area contributed by atoms with Crippen LogP contribution in [-0.2, 0) is 4.79 Å². The Bertz CT molecular complexity index is 732. The summed E-state index contributed by atoms with van der Waals surface area (Å²) in [7, 11) is 3.90. The first-order valence-electron chi connectivity index (χ1n) is 9.05. The van der Waals surface area contributed by atoms with Crippen molar-refractivity contribution in [1.29, 1.82) is 0 Å². The lowest BCUT2D eigenvalue weighted by Crippen LogP contribution is -2.31. The van der Waals surface area contributed by atoms with Gasteiger partial charge in [-0.1, -0.05) is 24.3 Å². The van der Waals surface area contributed by atoms with Crippen LogP contribution in [-0.4, -0.2) is 50.5 Å². The van der Waals surface area contributed by atoms with Gasteiger partial charge < -0.3 is 20.3 Å². The minimum atomic E-state index is -0.149. The Morgan fingerprint density at radius 2 is 1.81 bits per heavy atom. The van der Waals surface area contributed by atoms with Crippen molar-refractivity contribution in [2.45, 2.75) is 12.8 Å². The number of benzene rings is 2. The number of amides is 2. The third-order valence-electron chi connectivity index (χ3n) is 3.81. The molecule has 144 valence electrons. The molecule has 2 aromatic carbocycles. The van der Waals surface area contributed by atoms with Gasteiger partial charge in [0.25, 0.3) is 5.91 Å². The van der Waals surface area contributed by atoms with Gasteiger partial charge in [0.2, 0.25) is 5.91 Å². The van der Waals surface area contributed by atoms with Crippen LogP contribution in [0.3, 0.4) is 0 Å². The zero-order chi connectivity index (χ0) is 19.5. The average molecular weight is 369 g/mol. The molecule has 0 fully saturated rings. The van der Waals surface area contributed by atoms with Crippen LogP contribution in [0.1, 0.15) is 23.2 Å². The summed E-state index contributed by atoms with van der Waals surface area (Å²) < 4.78 is 5.58. The highest BCUT2D eigenvalue weighted by Crippen LogP contribution is 2.12. The van der Waals surface area contributed by atoms with Crippen LogP contribution < -0.4 is 15.4 Å². The summed E-state index contributed by atoms with van der Waals surface area (Å²) in [5, 5.41) is 5.69. The first-order valence-corrected chi connectivity index (χ1v) is 9.05. The molecule has 2 rings (SSSR count). The molecule has 2 amide bonds. The highest BCUT2D eigenvalue weighted by atomic mass is 16.5. The van der Waals surface area contributed by atoms with Crippen LogP contribution in [0.15, 0.2) is 54.6 Å². The minimum Gasteiger partial charge on any atom is -0.494 e. The maximum Gasteiger partial charge on any atom is 0.251 e. The van der Waals surface area contributed by atoms with E-state index in [1.165, 1.54) is 0 Å². The monoisotopic (exact) mass is 369 g/mol. The fourth-order valence-corrected chi connectivity index (χ4v) is 2.40. The molecule has 0 saturated heterocycles. The van der Waals surface area contributed by atoms with Crippen LogP contribution >= 0.6 is 0 Å². The van der Waals surface area contributed by atoms with E-state index in [2.05, 4.69) is 10.6 Å². The Morgan fingerprint density at radius 1 is 1.04 bits per heavy atom. The number of para-hydroxylation sites is 1. The zero-order valence-electron chi connectivity index (χ0n) is 15.9. The summed E-state index contributed by atoms with van der Waals surface area (Å²) in [6.45, 7) is 1.82. The highest BCUT2D eigenvalue weighted by Gasteiger charge is 2.08. The lowest BCUT2D eigenvalue weighted by molar-refractivity contribution is -0.116. The molecule has 0 radical (unpaired) electrons. The third kappa shape index (κ3) is 7.92. The molecular formula is C21H27N3O3. The predicted octanol–water partition coefficient (Wildman–Crippen LogP) is 2.78. The average Bonchev–Trinajstić information content (AvgIpc) is 2.66. The van der Waals surface area contributed by atoms with Crippen molar-refractivity contribution in [1.82, 2.24) is 10.2 Å². The second-order valence-corrected chi connectivity index (χ2v) is 6.45. The molecule has 0 spiro atoms. The number of nitrogens with zero attached hydrogens (tertiary/aromatic N) is 1. The highest BCUT2D eigenvalue weighted by molar-refractivity contribution is 5.97. The molecule has 2 N–H and O–H groups in total. The van der Waals surface area contributed by atoms with Gasteiger partial charge in [0.15, 0.2) is 0 Å². The number of rotatable bonds is 10. The van der Waals surface area contributed by atoms with E-state index in [1.54, 1.807) is 24.3 Å². The van der Waals surface area contributed by atoms with Crippen LogP contribution in [0.25, 0.3) is 0 Å². The van der Waals surface area contributed by atoms with E-state index in [9.17, 15) is 9.59 Å². The molecule has 6 heteroatoms. The van der Waals surface area contributed by atoms with E-state index >= 15 is 0 Å². The van der Waals surface area contributed by atoms with Gasteiger partial charge in [-0.3, -0.25) is 9.59 Å². The largest absolute Gasteiger partial charge is 0.494 e. The number of ether oxygens (including phenoxy) is 1. The van der Waals surface area contributed by atoms with Crippen molar-refractivity contribution in [3.8, 4) is 5.75 Å². The van der Waals surface area contributed by atoms with Crippen molar-refractivity contribution in [3.63, 3.8) is 0 Å². The predicted molar refractivity (Wildman–Crippen MR) is 107 cm³/mol. The maximum atomic E-state index is 12.2. The van der Waals surface area contributed by atoms with Crippen molar-refractivity contribution < 1.29 is 14.3 Å². The van der Waals surface area contributed by atoms with E-state index in [0.29, 0.717) is 37.2 Å². The van der Waals surface area contributed by atoms with Gasteiger partial charge in [-0.25, -0.2) is 0 Å². The van der Waals surface area contributed by atoms with Gasteiger partial charge in [-0.15, -0.1) is 0 Å². The quantitative estimate of drug-likeness (QED) is 0.632. The Kier molecular flexibility index (Phi) is 8.32. The smallest absolute Gasteiger partial charge is 0.251 e. The standard InChI is InChI=1S/C21H27N3O3/c1-24(2)14-13-22-21(26)17-8-6-9-18(16-17)23-20(25)12-7-15-27-19-10-4-3-5-11-19/h3-6,8-11,16H,7,12-15H2,1-2H3,(H,22,26)(H,23,25).